The summed E-state index contributed by atoms with van der Waals surface area (Å²) in [6.07, 6.45) is 1.93. The first-order valence-corrected chi connectivity index (χ1v) is 7.87. The molecule has 6 heteroatoms. The molecule has 5 nitrogen and oxygen atoms in total. The van der Waals surface area contributed by atoms with E-state index < -0.39 is 10.0 Å². The molecule has 0 aromatic heterocycles. The van der Waals surface area contributed by atoms with Crippen LogP contribution in [0.4, 0.5) is 5.69 Å². The Hall–Kier alpha value is -1.11. The summed E-state index contributed by atoms with van der Waals surface area (Å²) in [5.41, 5.74) is 6.14. The maximum absolute atomic E-state index is 12.6. The lowest BCUT2D eigenvalue weighted by atomic mass is 10.1. The SMILES string of the molecule is CN(C)C1CCCN(S(=O)(=O)c2cccc(N)c2)C1. The summed E-state index contributed by atoms with van der Waals surface area (Å²) in [6.45, 7) is 1.13. The van der Waals surface area contributed by atoms with E-state index in [1.165, 1.54) is 6.07 Å². The minimum atomic E-state index is -3.42. The van der Waals surface area contributed by atoms with Gasteiger partial charge in [-0.3, -0.25) is 0 Å². The summed E-state index contributed by atoms with van der Waals surface area (Å²) >= 11 is 0. The lowest BCUT2D eigenvalue weighted by molar-refractivity contribution is 0.190. The molecule has 1 heterocycles. The van der Waals surface area contributed by atoms with Gasteiger partial charge in [0.15, 0.2) is 0 Å². The molecule has 1 aromatic rings. The van der Waals surface area contributed by atoms with Crippen molar-refractivity contribution in [2.75, 3.05) is 32.9 Å². The van der Waals surface area contributed by atoms with Crippen molar-refractivity contribution in [3.05, 3.63) is 24.3 Å². The van der Waals surface area contributed by atoms with Gasteiger partial charge in [0.1, 0.15) is 0 Å². The lowest BCUT2D eigenvalue weighted by Gasteiger charge is -2.35. The normalized spacial score (nSPS) is 21.7. The fraction of sp³-hybridized carbons (Fsp3) is 0.538. The van der Waals surface area contributed by atoms with Gasteiger partial charge < -0.3 is 10.6 Å². The molecule has 1 aromatic carbocycles. The Labute approximate surface area is 115 Å². The highest BCUT2D eigenvalue weighted by Crippen LogP contribution is 2.23. The molecular weight excluding hydrogens is 262 g/mol. The zero-order valence-corrected chi connectivity index (χ0v) is 12.2. The Kier molecular flexibility index (Phi) is 4.13. The molecule has 1 atom stereocenters. The van der Waals surface area contributed by atoms with Gasteiger partial charge in [0.25, 0.3) is 0 Å². The molecule has 0 aliphatic carbocycles. The van der Waals surface area contributed by atoms with Crippen LogP contribution in [0, 0.1) is 0 Å². The van der Waals surface area contributed by atoms with Gasteiger partial charge in [-0.05, 0) is 45.1 Å². The minimum absolute atomic E-state index is 0.282. The highest BCUT2D eigenvalue weighted by Gasteiger charge is 2.30. The van der Waals surface area contributed by atoms with Crippen molar-refractivity contribution in [1.29, 1.82) is 0 Å². The molecule has 0 radical (unpaired) electrons. The maximum atomic E-state index is 12.6. The van der Waals surface area contributed by atoms with E-state index >= 15 is 0 Å². The number of hydrogen-bond donors (Lipinski definition) is 1. The molecule has 1 aliphatic rings. The number of rotatable bonds is 3. The van der Waals surface area contributed by atoms with Crippen molar-refractivity contribution < 1.29 is 8.42 Å². The smallest absolute Gasteiger partial charge is 0.243 e. The van der Waals surface area contributed by atoms with Crippen molar-refractivity contribution in [3.8, 4) is 0 Å². The Morgan fingerprint density at radius 1 is 1.37 bits per heavy atom. The molecule has 1 unspecified atom stereocenters. The van der Waals surface area contributed by atoms with Crippen LogP contribution in [-0.4, -0.2) is 50.8 Å². The average Bonchev–Trinajstić information content (AvgIpc) is 2.39. The van der Waals surface area contributed by atoms with Crippen molar-refractivity contribution in [2.45, 2.75) is 23.8 Å². The Balaban J connectivity index is 2.24. The predicted molar refractivity (Wildman–Crippen MR) is 76.3 cm³/mol. The molecule has 1 fully saturated rings. The van der Waals surface area contributed by atoms with E-state index in [1.807, 2.05) is 14.1 Å². The van der Waals surface area contributed by atoms with Crippen molar-refractivity contribution in [2.24, 2.45) is 0 Å². The van der Waals surface area contributed by atoms with E-state index in [0.717, 1.165) is 12.8 Å². The molecule has 2 rings (SSSR count). The molecule has 0 amide bonds. The van der Waals surface area contributed by atoms with Gasteiger partial charge in [0.05, 0.1) is 4.90 Å². The van der Waals surface area contributed by atoms with E-state index in [-0.39, 0.29) is 10.9 Å². The van der Waals surface area contributed by atoms with Crippen LogP contribution in [0.1, 0.15) is 12.8 Å². The van der Waals surface area contributed by atoms with Crippen LogP contribution in [0.3, 0.4) is 0 Å². The quantitative estimate of drug-likeness (QED) is 0.840. The lowest BCUT2D eigenvalue weighted by Crippen LogP contribution is -2.47. The van der Waals surface area contributed by atoms with Gasteiger partial charge in [-0.2, -0.15) is 4.31 Å². The van der Waals surface area contributed by atoms with Crippen LogP contribution in [0.2, 0.25) is 0 Å². The summed E-state index contributed by atoms with van der Waals surface area (Å²) in [5.74, 6) is 0. The van der Waals surface area contributed by atoms with Crippen LogP contribution >= 0.6 is 0 Å². The first-order chi connectivity index (χ1) is 8.91. The molecule has 106 valence electrons. The minimum Gasteiger partial charge on any atom is -0.399 e. The van der Waals surface area contributed by atoms with Gasteiger partial charge in [0, 0.05) is 24.8 Å². The number of nitrogens with two attached hydrogens (primary N) is 1. The Morgan fingerprint density at radius 3 is 2.74 bits per heavy atom. The second-order valence-corrected chi connectivity index (χ2v) is 7.13. The summed E-state index contributed by atoms with van der Waals surface area (Å²) in [7, 11) is 0.550. The summed E-state index contributed by atoms with van der Waals surface area (Å²) in [6, 6.07) is 6.78. The third-order valence-electron chi connectivity index (χ3n) is 3.59. The van der Waals surface area contributed by atoms with E-state index in [2.05, 4.69) is 4.90 Å². The van der Waals surface area contributed by atoms with Gasteiger partial charge in [-0.25, -0.2) is 8.42 Å². The second kappa shape index (κ2) is 5.48. The topological polar surface area (TPSA) is 66.6 Å². The number of nitrogens with zero attached hydrogens (tertiary/aromatic N) is 2. The Morgan fingerprint density at radius 2 is 2.11 bits per heavy atom. The largest absolute Gasteiger partial charge is 0.399 e. The van der Waals surface area contributed by atoms with Crippen LogP contribution in [-0.2, 0) is 10.0 Å². The number of hydrogen-bond acceptors (Lipinski definition) is 4. The van der Waals surface area contributed by atoms with Crippen LogP contribution < -0.4 is 5.73 Å². The van der Waals surface area contributed by atoms with E-state index in [9.17, 15) is 8.42 Å². The van der Waals surface area contributed by atoms with Crippen molar-refractivity contribution in [3.63, 3.8) is 0 Å². The monoisotopic (exact) mass is 283 g/mol. The van der Waals surface area contributed by atoms with Gasteiger partial charge in [0.2, 0.25) is 10.0 Å². The predicted octanol–water partition coefficient (Wildman–Crippen LogP) is 0.983. The van der Waals surface area contributed by atoms with E-state index in [4.69, 9.17) is 5.73 Å². The number of likely N-dealkylation sites (N-methyl/N-ethyl adjacent to an activating group) is 1. The average molecular weight is 283 g/mol. The van der Waals surface area contributed by atoms with Crippen LogP contribution in [0.15, 0.2) is 29.2 Å². The molecule has 1 saturated heterocycles. The van der Waals surface area contributed by atoms with E-state index in [0.29, 0.717) is 18.8 Å². The van der Waals surface area contributed by atoms with Gasteiger partial charge >= 0.3 is 0 Å². The summed E-state index contributed by atoms with van der Waals surface area (Å²) < 4.78 is 26.7. The molecule has 1 aliphatic heterocycles. The van der Waals surface area contributed by atoms with Gasteiger partial charge in [-0.1, -0.05) is 6.07 Å². The third-order valence-corrected chi connectivity index (χ3v) is 5.45. The van der Waals surface area contributed by atoms with E-state index in [1.54, 1.807) is 22.5 Å². The fourth-order valence-corrected chi connectivity index (χ4v) is 3.96. The number of sulfonamides is 1. The first kappa shape index (κ1) is 14.3. The standard InChI is InChI=1S/C13H21N3O2S/c1-15(2)12-6-4-8-16(10-12)19(17,18)13-7-3-5-11(14)9-13/h3,5,7,9,12H,4,6,8,10,14H2,1-2H3. The van der Waals surface area contributed by atoms with Crippen LogP contribution in [0.5, 0.6) is 0 Å². The zero-order valence-electron chi connectivity index (χ0n) is 11.4. The maximum Gasteiger partial charge on any atom is 0.243 e. The fourth-order valence-electron chi connectivity index (χ4n) is 2.38. The molecule has 19 heavy (non-hydrogen) atoms. The number of piperidine rings is 1. The number of benzene rings is 1. The number of nitrogen functional groups attached to an aromatic ring is 1. The second-order valence-electron chi connectivity index (χ2n) is 5.20. The first-order valence-electron chi connectivity index (χ1n) is 6.43. The molecule has 0 bridgehead atoms. The third kappa shape index (κ3) is 3.08. The van der Waals surface area contributed by atoms with Crippen LogP contribution in [0.25, 0.3) is 0 Å². The molecule has 0 spiro atoms. The Bertz CT molecular complexity index is 543. The zero-order chi connectivity index (χ0) is 14.0. The van der Waals surface area contributed by atoms with Crippen molar-refractivity contribution >= 4 is 15.7 Å². The van der Waals surface area contributed by atoms with Crippen molar-refractivity contribution in [1.82, 2.24) is 9.21 Å². The summed E-state index contributed by atoms with van der Waals surface area (Å²) in [5, 5.41) is 0. The summed E-state index contributed by atoms with van der Waals surface area (Å²) in [4.78, 5) is 2.37. The highest BCUT2D eigenvalue weighted by molar-refractivity contribution is 7.89. The molecule has 2 N–H and O–H groups in total. The highest BCUT2D eigenvalue weighted by atomic mass is 32.2. The molecule has 0 saturated carbocycles. The number of anilines is 1. The van der Waals surface area contributed by atoms with Gasteiger partial charge in [-0.15, -0.1) is 0 Å². The molecular formula is C13H21N3O2S.